The third-order valence-corrected chi connectivity index (χ3v) is 6.71. The topological polar surface area (TPSA) is 74.2 Å². The molecule has 2 N–H and O–H groups in total. The zero-order valence-electron chi connectivity index (χ0n) is 11.4. The van der Waals surface area contributed by atoms with Gasteiger partial charge in [0.2, 0.25) is 0 Å². The second-order valence-electron chi connectivity index (χ2n) is 5.44. The highest BCUT2D eigenvalue weighted by molar-refractivity contribution is 9.13. The fourth-order valence-electron chi connectivity index (χ4n) is 1.90. The first-order valence-electron chi connectivity index (χ1n) is 6.65. The minimum atomic E-state index is -0.747. The van der Waals surface area contributed by atoms with Gasteiger partial charge in [0.05, 0.1) is 21.4 Å². The lowest BCUT2D eigenvalue weighted by Crippen LogP contribution is -2.41. The van der Waals surface area contributed by atoms with Crippen LogP contribution < -0.4 is 5.73 Å². The first-order chi connectivity index (χ1) is 9.95. The highest BCUT2D eigenvalue weighted by atomic mass is 79.9. The van der Waals surface area contributed by atoms with Gasteiger partial charge in [-0.05, 0) is 64.1 Å². The summed E-state index contributed by atoms with van der Waals surface area (Å²) < 4.78 is 13.1. The Bertz CT molecular complexity index is 618. The molecule has 0 radical (unpaired) electrons. The molecule has 21 heavy (non-hydrogen) atoms. The van der Waals surface area contributed by atoms with E-state index in [4.69, 9.17) is 15.0 Å². The standard InChI is InChI=1S/C13H15Br2N3O2S/c1-13(16,6-19-7-3-2-4-7)12-17-11(20-18-12)9-5-8(14)10(15)21-9/h5,7H,2-4,6,16H2,1H3. The summed E-state index contributed by atoms with van der Waals surface area (Å²) in [6.07, 6.45) is 3.80. The predicted octanol–water partition coefficient (Wildman–Crippen LogP) is 4.07. The van der Waals surface area contributed by atoms with Crippen molar-refractivity contribution in [1.29, 1.82) is 0 Å². The number of nitrogens with two attached hydrogens (primary N) is 1. The number of thiophene rings is 1. The van der Waals surface area contributed by atoms with Crippen molar-refractivity contribution < 1.29 is 9.26 Å². The van der Waals surface area contributed by atoms with Gasteiger partial charge in [0, 0.05) is 4.47 Å². The van der Waals surface area contributed by atoms with Crippen LogP contribution in [0.5, 0.6) is 0 Å². The van der Waals surface area contributed by atoms with Crippen molar-refractivity contribution in [3.05, 3.63) is 20.1 Å². The van der Waals surface area contributed by atoms with Crippen molar-refractivity contribution in [3.8, 4) is 10.8 Å². The van der Waals surface area contributed by atoms with E-state index in [2.05, 4.69) is 42.0 Å². The Morgan fingerprint density at radius 2 is 2.29 bits per heavy atom. The van der Waals surface area contributed by atoms with Crippen LogP contribution in [0.4, 0.5) is 0 Å². The summed E-state index contributed by atoms with van der Waals surface area (Å²) in [4.78, 5) is 5.31. The van der Waals surface area contributed by atoms with Gasteiger partial charge in [-0.3, -0.25) is 0 Å². The fraction of sp³-hybridized carbons (Fsp3) is 0.538. The normalized spacial score (nSPS) is 18.5. The predicted molar refractivity (Wildman–Crippen MR) is 88.1 cm³/mol. The molecule has 0 aliphatic heterocycles. The molecule has 1 unspecified atom stereocenters. The Hall–Kier alpha value is -0.280. The van der Waals surface area contributed by atoms with Crippen LogP contribution in [0, 0.1) is 0 Å². The molecule has 1 atom stereocenters. The maximum absolute atomic E-state index is 6.27. The molecule has 3 rings (SSSR count). The Labute approximate surface area is 143 Å². The van der Waals surface area contributed by atoms with Crippen LogP contribution in [0.3, 0.4) is 0 Å². The van der Waals surface area contributed by atoms with Crippen molar-refractivity contribution in [3.63, 3.8) is 0 Å². The molecule has 1 fully saturated rings. The number of ether oxygens (including phenoxy) is 1. The molecule has 0 saturated heterocycles. The Morgan fingerprint density at radius 1 is 1.52 bits per heavy atom. The van der Waals surface area contributed by atoms with Gasteiger partial charge in [0.15, 0.2) is 5.82 Å². The molecule has 0 aromatic carbocycles. The molecule has 2 aromatic heterocycles. The maximum atomic E-state index is 6.27. The van der Waals surface area contributed by atoms with E-state index >= 15 is 0 Å². The van der Waals surface area contributed by atoms with E-state index in [0.717, 1.165) is 26.0 Å². The summed E-state index contributed by atoms with van der Waals surface area (Å²) in [6.45, 7) is 2.26. The van der Waals surface area contributed by atoms with Crippen molar-refractivity contribution in [1.82, 2.24) is 10.1 Å². The molecule has 2 aromatic rings. The molecule has 0 spiro atoms. The van der Waals surface area contributed by atoms with Crippen molar-refractivity contribution in [2.75, 3.05) is 6.61 Å². The molecule has 0 amide bonds. The first kappa shape index (κ1) is 15.6. The van der Waals surface area contributed by atoms with Crippen LogP contribution in [0.15, 0.2) is 18.8 Å². The van der Waals surface area contributed by atoms with Crippen LogP contribution >= 0.6 is 43.2 Å². The fourth-order valence-corrected chi connectivity index (χ4v) is 3.86. The summed E-state index contributed by atoms with van der Waals surface area (Å²) in [5.74, 6) is 0.944. The quantitative estimate of drug-likeness (QED) is 0.764. The number of hydrogen-bond donors (Lipinski definition) is 1. The molecule has 114 valence electrons. The highest BCUT2D eigenvalue weighted by Crippen LogP contribution is 2.37. The molecule has 5 nitrogen and oxygen atoms in total. The number of aromatic nitrogens is 2. The first-order valence-corrected chi connectivity index (χ1v) is 9.06. The van der Waals surface area contributed by atoms with Crippen LogP contribution in [0.1, 0.15) is 32.0 Å². The largest absolute Gasteiger partial charge is 0.376 e. The molecule has 1 saturated carbocycles. The summed E-state index contributed by atoms with van der Waals surface area (Å²) in [5.41, 5.74) is 5.52. The van der Waals surface area contributed by atoms with E-state index in [1.54, 1.807) is 0 Å². The molecular weight excluding hydrogens is 422 g/mol. The van der Waals surface area contributed by atoms with Crippen molar-refractivity contribution in [2.24, 2.45) is 5.73 Å². The number of nitrogens with zero attached hydrogens (tertiary/aromatic N) is 2. The highest BCUT2D eigenvalue weighted by Gasteiger charge is 2.31. The van der Waals surface area contributed by atoms with E-state index < -0.39 is 5.54 Å². The summed E-state index contributed by atoms with van der Waals surface area (Å²) in [7, 11) is 0. The lowest BCUT2D eigenvalue weighted by Gasteiger charge is -2.29. The van der Waals surface area contributed by atoms with E-state index in [1.165, 1.54) is 17.8 Å². The number of halogens is 2. The number of rotatable bonds is 5. The van der Waals surface area contributed by atoms with Gasteiger partial charge in [-0.2, -0.15) is 4.98 Å². The third-order valence-electron chi connectivity index (χ3n) is 3.46. The van der Waals surface area contributed by atoms with E-state index in [-0.39, 0.29) is 0 Å². The van der Waals surface area contributed by atoms with E-state index in [1.807, 2.05) is 13.0 Å². The Kier molecular flexibility index (Phi) is 4.52. The maximum Gasteiger partial charge on any atom is 0.268 e. The van der Waals surface area contributed by atoms with E-state index in [0.29, 0.717) is 24.4 Å². The Morgan fingerprint density at radius 3 is 2.86 bits per heavy atom. The lowest BCUT2D eigenvalue weighted by atomic mass is 9.95. The minimum Gasteiger partial charge on any atom is -0.376 e. The van der Waals surface area contributed by atoms with Crippen LogP contribution in [0.2, 0.25) is 0 Å². The third kappa shape index (κ3) is 3.39. The lowest BCUT2D eigenvalue weighted by molar-refractivity contribution is -0.0222. The molecule has 1 aliphatic carbocycles. The molecule has 1 aliphatic rings. The molecule has 0 bridgehead atoms. The second kappa shape index (κ2) is 6.08. The van der Waals surface area contributed by atoms with Crippen molar-refractivity contribution in [2.45, 2.75) is 37.8 Å². The van der Waals surface area contributed by atoms with E-state index in [9.17, 15) is 0 Å². The monoisotopic (exact) mass is 435 g/mol. The zero-order chi connectivity index (χ0) is 15.0. The average molecular weight is 437 g/mol. The van der Waals surface area contributed by atoms with Crippen molar-refractivity contribution >= 4 is 43.2 Å². The van der Waals surface area contributed by atoms with Gasteiger partial charge in [-0.15, -0.1) is 11.3 Å². The Balaban J connectivity index is 1.73. The summed E-state index contributed by atoms with van der Waals surface area (Å²) >= 11 is 8.42. The van der Waals surface area contributed by atoms with Gasteiger partial charge < -0.3 is 15.0 Å². The molecule has 8 heteroatoms. The summed E-state index contributed by atoms with van der Waals surface area (Å²) in [6, 6.07) is 1.94. The number of hydrogen-bond acceptors (Lipinski definition) is 6. The smallest absolute Gasteiger partial charge is 0.268 e. The van der Waals surface area contributed by atoms with Gasteiger partial charge in [0.25, 0.3) is 5.89 Å². The zero-order valence-corrected chi connectivity index (χ0v) is 15.4. The van der Waals surface area contributed by atoms with Crippen LogP contribution in [-0.4, -0.2) is 22.9 Å². The molecule has 2 heterocycles. The SMILES string of the molecule is CC(N)(COC1CCC1)c1noc(-c2cc(Br)c(Br)s2)n1. The van der Waals surface area contributed by atoms with Crippen LogP contribution in [-0.2, 0) is 10.3 Å². The van der Waals surface area contributed by atoms with Crippen LogP contribution in [0.25, 0.3) is 10.8 Å². The van der Waals surface area contributed by atoms with Gasteiger partial charge in [-0.25, -0.2) is 0 Å². The van der Waals surface area contributed by atoms with Gasteiger partial charge in [-0.1, -0.05) is 5.16 Å². The summed E-state index contributed by atoms with van der Waals surface area (Å²) in [5, 5.41) is 4.01. The minimum absolute atomic E-state index is 0.337. The van der Waals surface area contributed by atoms with Gasteiger partial charge in [0.1, 0.15) is 5.54 Å². The van der Waals surface area contributed by atoms with Gasteiger partial charge >= 0.3 is 0 Å². The second-order valence-corrected chi connectivity index (χ2v) is 8.66. The molecular formula is C13H15Br2N3O2S. The average Bonchev–Trinajstić information content (AvgIpc) is 2.96.